The number of amides is 1. The highest BCUT2D eigenvalue weighted by molar-refractivity contribution is 7.89. The molecule has 162 valence electrons. The molecular formula is C20H21ClF2N2O4S. The van der Waals surface area contributed by atoms with Gasteiger partial charge in [-0.25, -0.2) is 17.2 Å². The Labute approximate surface area is 179 Å². The Kier molecular flexibility index (Phi) is 6.64. The van der Waals surface area contributed by atoms with Crippen molar-refractivity contribution in [2.75, 3.05) is 26.2 Å². The second-order valence-corrected chi connectivity index (χ2v) is 9.35. The number of aryl methyl sites for hydroxylation is 1. The molecule has 1 saturated heterocycles. The zero-order valence-electron chi connectivity index (χ0n) is 16.4. The summed E-state index contributed by atoms with van der Waals surface area (Å²) in [7, 11) is -3.98. The number of rotatable bonds is 5. The maximum absolute atomic E-state index is 13.4. The normalized spacial score (nSPS) is 16.4. The van der Waals surface area contributed by atoms with Crippen LogP contribution in [0.3, 0.4) is 0 Å². The Morgan fingerprint density at radius 1 is 1.07 bits per heavy atom. The number of halogens is 3. The van der Waals surface area contributed by atoms with Crippen molar-refractivity contribution in [2.45, 2.75) is 24.8 Å². The van der Waals surface area contributed by atoms with E-state index < -0.39 is 27.8 Å². The first kappa shape index (κ1) is 22.5. The van der Waals surface area contributed by atoms with Gasteiger partial charge in [0.05, 0.1) is 4.90 Å². The zero-order chi connectivity index (χ0) is 22.1. The average molecular weight is 459 g/mol. The first-order valence-electron chi connectivity index (χ1n) is 9.26. The number of carbonyl (C=O) groups excluding carboxylic acids is 1. The lowest BCUT2D eigenvalue weighted by atomic mass is 10.2. The van der Waals surface area contributed by atoms with Gasteiger partial charge in [-0.05, 0) is 55.8 Å². The van der Waals surface area contributed by atoms with Gasteiger partial charge in [-0.15, -0.1) is 0 Å². The van der Waals surface area contributed by atoms with Crippen LogP contribution in [0.1, 0.15) is 12.5 Å². The Hall–Kier alpha value is -2.23. The molecule has 1 unspecified atom stereocenters. The van der Waals surface area contributed by atoms with E-state index in [0.29, 0.717) is 16.8 Å². The van der Waals surface area contributed by atoms with Crippen LogP contribution in [0.5, 0.6) is 5.75 Å². The van der Waals surface area contributed by atoms with E-state index in [2.05, 4.69) is 0 Å². The first-order valence-corrected chi connectivity index (χ1v) is 11.1. The quantitative estimate of drug-likeness (QED) is 0.690. The summed E-state index contributed by atoms with van der Waals surface area (Å²) in [5.74, 6) is -2.07. The fraction of sp³-hybridized carbons (Fsp3) is 0.350. The Bertz CT molecular complexity index is 1060. The highest BCUT2D eigenvalue weighted by Crippen LogP contribution is 2.24. The number of ether oxygens (including phenoxy) is 1. The van der Waals surface area contributed by atoms with E-state index >= 15 is 0 Å². The highest BCUT2D eigenvalue weighted by Gasteiger charge is 2.32. The van der Waals surface area contributed by atoms with E-state index in [4.69, 9.17) is 16.3 Å². The fourth-order valence-electron chi connectivity index (χ4n) is 3.18. The zero-order valence-corrected chi connectivity index (χ0v) is 18.0. The first-order chi connectivity index (χ1) is 14.1. The molecule has 0 aliphatic carbocycles. The lowest BCUT2D eigenvalue weighted by Gasteiger charge is -2.35. The molecule has 6 nitrogen and oxygen atoms in total. The van der Waals surface area contributed by atoms with Gasteiger partial charge in [0.25, 0.3) is 5.91 Å². The number of nitrogens with zero attached hydrogens (tertiary/aromatic N) is 2. The van der Waals surface area contributed by atoms with E-state index in [0.717, 1.165) is 22.0 Å². The SMILES string of the molecule is Cc1cc(Cl)ccc1OC(C)C(=O)N1CCN(S(=O)(=O)c2ccc(F)c(F)c2)CC1. The van der Waals surface area contributed by atoms with E-state index in [9.17, 15) is 22.0 Å². The topological polar surface area (TPSA) is 66.9 Å². The fourth-order valence-corrected chi connectivity index (χ4v) is 4.84. The summed E-state index contributed by atoms with van der Waals surface area (Å²) >= 11 is 5.93. The van der Waals surface area contributed by atoms with Crippen molar-refractivity contribution in [1.29, 1.82) is 0 Å². The summed E-state index contributed by atoms with van der Waals surface area (Å²) in [6, 6.07) is 7.55. The minimum Gasteiger partial charge on any atom is -0.481 e. The molecule has 0 bridgehead atoms. The van der Waals surface area contributed by atoms with Gasteiger partial charge in [-0.3, -0.25) is 4.79 Å². The molecule has 1 aliphatic rings. The third kappa shape index (κ3) is 4.74. The molecule has 1 atom stereocenters. The van der Waals surface area contributed by atoms with E-state index in [1.807, 2.05) is 6.92 Å². The molecule has 0 aromatic heterocycles. The highest BCUT2D eigenvalue weighted by atomic mass is 35.5. The van der Waals surface area contributed by atoms with Crippen LogP contribution in [-0.2, 0) is 14.8 Å². The van der Waals surface area contributed by atoms with Gasteiger partial charge in [-0.2, -0.15) is 4.31 Å². The number of hydrogen-bond acceptors (Lipinski definition) is 4. The van der Waals surface area contributed by atoms with Gasteiger partial charge in [0.15, 0.2) is 17.7 Å². The van der Waals surface area contributed by atoms with Crippen molar-refractivity contribution in [1.82, 2.24) is 9.21 Å². The molecule has 3 rings (SSSR count). The summed E-state index contributed by atoms with van der Waals surface area (Å²) in [6.45, 7) is 3.85. The van der Waals surface area contributed by atoms with Gasteiger partial charge in [0.2, 0.25) is 10.0 Å². The van der Waals surface area contributed by atoms with Gasteiger partial charge >= 0.3 is 0 Å². The molecule has 0 spiro atoms. The number of benzene rings is 2. The summed E-state index contributed by atoms with van der Waals surface area (Å²) < 4.78 is 58.8. The van der Waals surface area contributed by atoms with Crippen molar-refractivity contribution in [3.05, 3.63) is 58.6 Å². The molecule has 30 heavy (non-hydrogen) atoms. The number of hydrogen-bond donors (Lipinski definition) is 0. The van der Waals surface area contributed by atoms with Crippen LogP contribution in [0, 0.1) is 18.6 Å². The molecule has 1 fully saturated rings. The Morgan fingerprint density at radius 3 is 2.33 bits per heavy atom. The monoisotopic (exact) mass is 458 g/mol. The molecule has 2 aromatic carbocycles. The number of sulfonamides is 1. The molecule has 0 radical (unpaired) electrons. The second-order valence-electron chi connectivity index (χ2n) is 6.98. The Balaban J connectivity index is 1.62. The molecule has 1 heterocycles. The molecule has 10 heteroatoms. The lowest BCUT2D eigenvalue weighted by molar-refractivity contribution is -0.139. The molecular weight excluding hydrogens is 438 g/mol. The van der Waals surface area contributed by atoms with Crippen LogP contribution >= 0.6 is 11.6 Å². The summed E-state index contributed by atoms with van der Waals surface area (Å²) in [4.78, 5) is 13.9. The molecule has 0 saturated carbocycles. The summed E-state index contributed by atoms with van der Waals surface area (Å²) in [6.07, 6.45) is -0.765. The average Bonchev–Trinajstić information content (AvgIpc) is 2.71. The largest absolute Gasteiger partial charge is 0.481 e. The summed E-state index contributed by atoms with van der Waals surface area (Å²) in [5.41, 5.74) is 0.796. The lowest BCUT2D eigenvalue weighted by Crippen LogP contribution is -2.53. The van der Waals surface area contributed by atoms with Gasteiger partial charge < -0.3 is 9.64 Å². The Morgan fingerprint density at radius 2 is 1.73 bits per heavy atom. The predicted molar refractivity (Wildman–Crippen MR) is 108 cm³/mol. The maximum Gasteiger partial charge on any atom is 0.263 e. The molecule has 1 amide bonds. The second kappa shape index (κ2) is 8.87. The smallest absolute Gasteiger partial charge is 0.263 e. The van der Waals surface area contributed by atoms with E-state index in [-0.39, 0.29) is 37.0 Å². The minimum atomic E-state index is -3.98. The van der Waals surface area contributed by atoms with Crippen LogP contribution in [0.4, 0.5) is 8.78 Å². The van der Waals surface area contributed by atoms with Crippen LogP contribution < -0.4 is 4.74 Å². The van der Waals surface area contributed by atoms with Crippen molar-refractivity contribution in [3.63, 3.8) is 0 Å². The van der Waals surface area contributed by atoms with Crippen LogP contribution in [0.25, 0.3) is 0 Å². The van der Waals surface area contributed by atoms with Crippen molar-refractivity contribution >= 4 is 27.5 Å². The van der Waals surface area contributed by atoms with E-state index in [1.165, 1.54) is 4.90 Å². The van der Waals surface area contributed by atoms with Crippen molar-refractivity contribution in [2.24, 2.45) is 0 Å². The molecule has 1 aliphatic heterocycles. The maximum atomic E-state index is 13.4. The van der Waals surface area contributed by atoms with Crippen LogP contribution in [0.15, 0.2) is 41.3 Å². The van der Waals surface area contributed by atoms with Crippen molar-refractivity contribution < 1.29 is 26.7 Å². The number of piperazine rings is 1. The third-order valence-corrected chi connectivity index (χ3v) is 7.00. The van der Waals surface area contributed by atoms with Gasteiger partial charge in [0.1, 0.15) is 5.75 Å². The van der Waals surface area contributed by atoms with E-state index in [1.54, 1.807) is 25.1 Å². The van der Waals surface area contributed by atoms with Crippen LogP contribution in [0.2, 0.25) is 5.02 Å². The minimum absolute atomic E-state index is 0.0414. The van der Waals surface area contributed by atoms with Crippen molar-refractivity contribution in [3.8, 4) is 5.75 Å². The summed E-state index contributed by atoms with van der Waals surface area (Å²) in [5, 5.41) is 0.567. The molecule has 0 N–H and O–H groups in total. The molecule has 2 aromatic rings. The van der Waals surface area contributed by atoms with Gasteiger partial charge in [0, 0.05) is 31.2 Å². The standard InChI is InChI=1S/C20H21ClF2N2O4S/c1-13-11-15(21)3-6-19(13)29-14(2)20(26)24-7-9-25(10-8-24)30(27,28)16-4-5-17(22)18(23)12-16/h3-6,11-12,14H,7-10H2,1-2H3. The third-order valence-electron chi connectivity index (χ3n) is 4.87. The number of carbonyl (C=O) groups is 1. The predicted octanol–water partition coefficient (Wildman–Crippen LogP) is 3.23. The van der Waals surface area contributed by atoms with Crippen LogP contribution in [-0.4, -0.2) is 55.8 Å². The van der Waals surface area contributed by atoms with Gasteiger partial charge in [-0.1, -0.05) is 11.6 Å².